The molecule has 76 valence electrons. The van der Waals surface area contributed by atoms with Crippen molar-refractivity contribution in [1.29, 1.82) is 0 Å². The average molecular weight is 279 g/mol. The minimum atomic E-state index is -0.585. The molecule has 4 nitrogen and oxygen atoms in total. The van der Waals surface area contributed by atoms with Crippen LogP contribution in [0.3, 0.4) is 0 Å². The molecular formula is C8H9BrClN3O. The van der Waals surface area contributed by atoms with Gasteiger partial charge in [-0.3, -0.25) is 4.98 Å². The number of amides is 2. The Morgan fingerprint density at radius 2 is 2.43 bits per heavy atom. The molecule has 0 fully saturated rings. The van der Waals surface area contributed by atoms with Crippen LogP contribution in [-0.2, 0) is 0 Å². The highest BCUT2D eigenvalue weighted by atomic mass is 79.9. The van der Waals surface area contributed by atoms with Crippen molar-refractivity contribution < 1.29 is 4.79 Å². The highest BCUT2D eigenvalue weighted by molar-refractivity contribution is 9.10. The van der Waals surface area contributed by atoms with Crippen LogP contribution in [0.25, 0.3) is 0 Å². The lowest BCUT2D eigenvalue weighted by Gasteiger charge is -2.11. The van der Waals surface area contributed by atoms with Gasteiger partial charge in [-0.05, 0) is 28.9 Å². The van der Waals surface area contributed by atoms with Crippen molar-refractivity contribution in [3.63, 3.8) is 0 Å². The molecule has 1 rings (SSSR count). The van der Waals surface area contributed by atoms with E-state index in [0.717, 1.165) is 0 Å². The zero-order chi connectivity index (χ0) is 10.7. The monoisotopic (exact) mass is 277 g/mol. The molecule has 2 amide bonds. The summed E-state index contributed by atoms with van der Waals surface area (Å²) in [5.74, 6) is 0. The number of nitrogens with one attached hydrogen (secondary N) is 1. The van der Waals surface area contributed by atoms with Crippen molar-refractivity contribution in [2.45, 2.75) is 13.0 Å². The van der Waals surface area contributed by atoms with E-state index in [1.807, 2.05) is 0 Å². The van der Waals surface area contributed by atoms with Gasteiger partial charge in [0, 0.05) is 6.20 Å². The van der Waals surface area contributed by atoms with Gasteiger partial charge in [0.05, 0.1) is 21.2 Å². The Bertz CT molecular complexity index is 358. The first-order valence-electron chi connectivity index (χ1n) is 3.87. The van der Waals surface area contributed by atoms with Gasteiger partial charge in [0.15, 0.2) is 0 Å². The van der Waals surface area contributed by atoms with Gasteiger partial charge in [0.25, 0.3) is 0 Å². The number of carbonyl (C=O) groups excluding carboxylic acids is 1. The Kier molecular flexibility index (Phi) is 3.71. The predicted molar refractivity (Wildman–Crippen MR) is 58.1 cm³/mol. The van der Waals surface area contributed by atoms with Crippen molar-refractivity contribution >= 4 is 33.6 Å². The van der Waals surface area contributed by atoms with E-state index in [1.54, 1.807) is 19.2 Å². The number of halogens is 2. The molecule has 0 aliphatic heterocycles. The smallest absolute Gasteiger partial charge is 0.312 e. The Morgan fingerprint density at radius 3 is 2.93 bits per heavy atom. The fraction of sp³-hybridized carbons (Fsp3) is 0.250. The molecule has 1 aromatic rings. The van der Waals surface area contributed by atoms with E-state index in [-0.39, 0.29) is 6.04 Å². The zero-order valence-electron chi connectivity index (χ0n) is 7.42. The molecule has 6 heteroatoms. The summed E-state index contributed by atoms with van der Waals surface area (Å²) >= 11 is 9.09. The number of hydrogen-bond donors (Lipinski definition) is 2. The van der Waals surface area contributed by atoms with Gasteiger partial charge < -0.3 is 11.1 Å². The summed E-state index contributed by atoms with van der Waals surface area (Å²) < 4.78 is 0.717. The molecule has 0 radical (unpaired) electrons. The molecule has 3 N–H and O–H groups in total. The summed E-state index contributed by atoms with van der Waals surface area (Å²) in [5.41, 5.74) is 5.64. The number of hydrogen-bond acceptors (Lipinski definition) is 2. The number of pyridine rings is 1. The second kappa shape index (κ2) is 4.61. The maximum absolute atomic E-state index is 10.6. The predicted octanol–water partition coefficient (Wildman–Crippen LogP) is 2.23. The number of nitrogens with zero attached hydrogens (tertiary/aromatic N) is 1. The largest absolute Gasteiger partial charge is 0.352 e. The van der Waals surface area contributed by atoms with Crippen LogP contribution in [0.5, 0.6) is 0 Å². The maximum Gasteiger partial charge on any atom is 0.312 e. The second-order valence-electron chi connectivity index (χ2n) is 2.75. The van der Waals surface area contributed by atoms with Crippen LogP contribution in [0.2, 0.25) is 5.02 Å². The quantitative estimate of drug-likeness (QED) is 0.871. The van der Waals surface area contributed by atoms with Gasteiger partial charge in [-0.15, -0.1) is 0 Å². The number of urea groups is 1. The molecule has 0 spiro atoms. The summed E-state index contributed by atoms with van der Waals surface area (Å²) in [4.78, 5) is 14.7. The summed E-state index contributed by atoms with van der Waals surface area (Å²) in [5, 5.41) is 3.06. The van der Waals surface area contributed by atoms with Crippen LogP contribution in [0.1, 0.15) is 18.7 Å². The molecule has 1 unspecified atom stereocenters. The summed E-state index contributed by atoms with van der Waals surface area (Å²) in [6, 6.07) is 0.836. The maximum atomic E-state index is 10.6. The number of carbonyl (C=O) groups is 1. The van der Waals surface area contributed by atoms with Crippen LogP contribution >= 0.6 is 27.5 Å². The standard InChI is InChI=1S/C8H9BrClN3O/c1-4(13-8(11)14)7-2-6(10)5(9)3-12-7/h2-4H,1H3,(H3,11,13,14). The highest BCUT2D eigenvalue weighted by Gasteiger charge is 2.09. The Morgan fingerprint density at radius 1 is 1.79 bits per heavy atom. The molecule has 1 aromatic heterocycles. The van der Waals surface area contributed by atoms with E-state index >= 15 is 0 Å². The SMILES string of the molecule is CC(NC(N)=O)c1cc(Cl)c(Br)cn1. The van der Waals surface area contributed by atoms with Gasteiger partial charge in [-0.1, -0.05) is 11.6 Å². The summed E-state index contributed by atoms with van der Waals surface area (Å²) in [6.45, 7) is 1.78. The van der Waals surface area contributed by atoms with Gasteiger partial charge >= 0.3 is 6.03 Å². The minimum absolute atomic E-state index is 0.252. The molecule has 0 saturated heterocycles. The number of nitrogens with two attached hydrogens (primary N) is 1. The molecule has 14 heavy (non-hydrogen) atoms. The normalized spacial score (nSPS) is 12.2. The van der Waals surface area contributed by atoms with Gasteiger partial charge in [-0.2, -0.15) is 0 Å². The fourth-order valence-corrected chi connectivity index (χ4v) is 1.33. The first-order chi connectivity index (χ1) is 6.50. The highest BCUT2D eigenvalue weighted by Crippen LogP contribution is 2.23. The Labute approximate surface area is 95.0 Å². The van der Waals surface area contributed by atoms with Crippen LogP contribution in [0.15, 0.2) is 16.7 Å². The van der Waals surface area contributed by atoms with Gasteiger partial charge in [0.1, 0.15) is 0 Å². The van der Waals surface area contributed by atoms with E-state index < -0.39 is 6.03 Å². The molecule has 1 heterocycles. The number of aromatic nitrogens is 1. The van der Waals surface area contributed by atoms with Crippen molar-refractivity contribution in [3.8, 4) is 0 Å². The zero-order valence-corrected chi connectivity index (χ0v) is 9.76. The molecule has 0 bridgehead atoms. The van der Waals surface area contributed by atoms with Crippen molar-refractivity contribution in [2.75, 3.05) is 0 Å². The van der Waals surface area contributed by atoms with Gasteiger partial charge in [0.2, 0.25) is 0 Å². The van der Waals surface area contributed by atoms with Crippen LogP contribution < -0.4 is 11.1 Å². The fourth-order valence-electron chi connectivity index (χ4n) is 0.953. The first-order valence-corrected chi connectivity index (χ1v) is 5.04. The third-order valence-electron chi connectivity index (χ3n) is 1.63. The lowest BCUT2D eigenvalue weighted by atomic mass is 10.2. The molecule has 0 saturated carbocycles. The lowest BCUT2D eigenvalue weighted by molar-refractivity contribution is 0.246. The van der Waals surface area contributed by atoms with Crippen LogP contribution in [-0.4, -0.2) is 11.0 Å². The van der Waals surface area contributed by atoms with Gasteiger partial charge in [-0.25, -0.2) is 4.79 Å². The van der Waals surface area contributed by atoms with E-state index in [2.05, 4.69) is 26.2 Å². The third-order valence-corrected chi connectivity index (χ3v) is 2.81. The topological polar surface area (TPSA) is 68.0 Å². The minimum Gasteiger partial charge on any atom is -0.352 e. The average Bonchev–Trinajstić information content (AvgIpc) is 2.08. The summed E-state index contributed by atoms with van der Waals surface area (Å²) in [6.07, 6.45) is 1.58. The number of primary amides is 1. The molecule has 0 aliphatic rings. The second-order valence-corrected chi connectivity index (χ2v) is 4.02. The third kappa shape index (κ3) is 2.85. The molecule has 0 aliphatic carbocycles. The van der Waals surface area contributed by atoms with Crippen molar-refractivity contribution in [3.05, 3.63) is 27.5 Å². The van der Waals surface area contributed by atoms with Crippen molar-refractivity contribution in [1.82, 2.24) is 10.3 Å². The molecule has 0 aromatic carbocycles. The van der Waals surface area contributed by atoms with E-state index in [4.69, 9.17) is 17.3 Å². The van der Waals surface area contributed by atoms with E-state index in [0.29, 0.717) is 15.2 Å². The van der Waals surface area contributed by atoms with Crippen LogP contribution in [0, 0.1) is 0 Å². The Balaban J connectivity index is 2.85. The van der Waals surface area contributed by atoms with E-state index in [1.165, 1.54) is 0 Å². The number of rotatable bonds is 2. The lowest BCUT2D eigenvalue weighted by Crippen LogP contribution is -2.32. The summed E-state index contributed by atoms with van der Waals surface area (Å²) in [7, 11) is 0. The van der Waals surface area contributed by atoms with E-state index in [9.17, 15) is 4.79 Å². The molecular weight excluding hydrogens is 269 g/mol. The Hall–Kier alpha value is -0.810. The first kappa shape index (κ1) is 11.3. The molecule has 1 atom stereocenters. The van der Waals surface area contributed by atoms with Crippen LogP contribution in [0.4, 0.5) is 4.79 Å². The van der Waals surface area contributed by atoms with Crippen molar-refractivity contribution in [2.24, 2.45) is 5.73 Å².